The van der Waals surface area contributed by atoms with E-state index in [-0.39, 0.29) is 24.0 Å². The van der Waals surface area contributed by atoms with E-state index in [0.717, 1.165) is 0 Å². The van der Waals surface area contributed by atoms with Crippen molar-refractivity contribution in [3.8, 4) is 0 Å². The highest BCUT2D eigenvalue weighted by Crippen LogP contribution is 2.26. The van der Waals surface area contributed by atoms with Gasteiger partial charge in [-0.25, -0.2) is 0 Å². The first-order chi connectivity index (χ1) is 8.79. The number of rotatable bonds is 0. The van der Waals surface area contributed by atoms with E-state index < -0.39 is 0 Å². The molecule has 19 heavy (non-hydrogen) atoms. The molecule has 1 aliphatic rings. The van der Waals surface area contributed by atoms with Gasteiger partial charge in [0, 0.05) is 33.0 Å². The smallest absolute Gasteiger partial charge is 0.194 e. The van der Waals surface area contributed by atoms with Crippen LogP contribution in [-0.4, -0.2) is 11.6 Å². The van der Waals surface area contributed by atoms with Gasteiger partial charge in [-0.15, -0.1) is 12.4 Å². The third kappa shape index (κ3) is 2.24. The molecule has 0 radical (unpaired) electrons. The highest BCUT2D eigenvalue weighted by atomic mass is 35.5. The Morgan fingerprint density at radius 1 is 0.579 bits per heavy atom. The van der Waals surface area contributed by atoms with Gasteiger partial charge in [0.15, 0.2) is 11.6 Å². The van der Waals surface area contributed by atoms with Gasteiger partial charge in [-0.2, -0.15) is 0 Å². The van der Waals surface area contributed by atoms with Crippen LogP contribution >= 0.6 is 12.4 Å². The van der Waals surface area contributed by atoms with Crippen LogP contribution in [0.25, 0.3) is 0 Å². The van der Waals surface area contributed by atoms with Crippen molar-refractivity contribution < 1.29 is 9.59 Å². The average molecular weight is 273 g/mol. The van der Waals surface area contributed by atoms with Gasteiger partial charge in [-0.3, -0.25) is 9.59 Å². The van der Waals surface area contributed by atoms with E-state index >= 15 is 0 Å². The van der Waals surface area contributed by atoms with Gasteiger partial charge in [0.25, 0.3) is 0 Å². The first-order valence-electron chi connectivity index (χ1n) is 5.26. The van der Waals surface area contributed by atoms with Gasteiger partial charge in [0.1, 0.15) is 0 Å². The molecule has 2 aromatic carbocycles. The van der Waals surface area contributed by atoms with Crippen molar-refractivity contribution in [2.45, 2.75) is 0 Å². The quantitative estimate of drug-likeness (QED) is 0.589. The number of fused-ring (bicyclic) bond motifs is 2. The van der Waals surface area contributed by atoms with Gasteiger partial charge in [-0.1, -0.05) is 48.5 Å². The van der Waals surface area contributed by atoms with E-state index in [4.69, 9.17) is 10.8 Å². The summed E-state index contributed by atoms with van der Waals surface area (Å²) in [6, 6.07) is 13.9. The van der Waals surface area contributed by atoms with Crippen molar-refractivity contribution in [3.63, 3.8) is 0 Å². The first-order valence-corrected chi connectivity index (χ1v) is 5.26. The van der Waals surface area contributed by atoms with Crippen molar-refractivity contribution in [1.29, 1.82) is 10.8 Å². The molecule has 0 heterocycles. The fourth-order valence-electron chi connectivity index (χ4n) is 2.05. The number of carbonyl (C=O) groups is 2. The third-order valence-electron chi connectivity index (χ3n) is 2.83. The lowest BCUT2D eigenvalue weighted by Crippen LogP contribution is -2.20. The van der Waals surface area contributed by atoms with Gasteiger partial charge in [-0.05, 0) is 0 Å². The summed E-state index contributed by atoms with van der Waals surface area (Å²) in [6.45, 7) is 0. The molecule has 0 aromatic heterocycles. The summed E-state index contributed by atoms with van der Waals surface area (Å²) in [5, 5.41) is 12.0. The van der Waals surface area contributed by atoms with Crippen LogP contribution in [0.1, 0.15) is 31.8 Å². The molecule has 0 saturated heterocycles. The van der Waals surface area contributed by atoms with E-state index in [1.54, 1.807) is 48.5 Å². The van der Waals surface area contributed by atoms with Crippen LogP contribution in [0, 0.1) is 10.8 Å². The second-order valence-electron chi connectivity index (χ2n) is 3.75. The maximum Gasteiger partial charge on any atom is 0.194 e. The molecule has 3 rings (SSSR count). The third-order valence-corrected chi connectivity index (χ3v) is 2.83. The predicted octanol–water partition coefficient (Wildman–Crippen LogP) is 2.91. The van der Waals surface area contributed by atoms with Crippen LogP contribution in [0.5, 0.6) is 0 Å². The summed E-state index contributed by atoms with van der Waals surface area (Å²) in [5.41, 5.74) is 2.02. The van der Waals surface area contributed by atoms with Gasteiger partial charge < -0.3 is 0 Å². The molecule has 5 heteroatoms. The first kappa shape index (κ1) is 14.6. The highest BCUT2D eigenvalue weighted by molar-refractivity contribution is 6.28. The van der Waals surface area contributed by atoms with Gasteiger partial charge in [0.05, 0.1) is 0 Å². The molecule has 94 valence electrons. The van der Waals surface area contributed by atoms with Crippen LogP contribution in [-0.2, 0) is 0 Å². The monoisotopic (exact) mass is 272 g/mol. The highest BCUT2D eigenvalue weighted by Gasteiger charge is 2.28. The Kier molecular flexibility index (Phi) is 4.51. The number of hydrogen-bond acceptors (Lipinski definition) is 4. The number of nitrogens with zero attached hydrogens (tertiary/aromatic N) is 2. The number of halogens is 1. The molecule has 4 nitrogen and oxygen atoms in total. The van der Waals surface area contributed by atoms with E-state index in [2.05, 4.69) is 0 Å². The van der Waals surface area contributed by atoms with Crippen LogP contribution in [0.3, 0.4) is 0 Å². The van der Waals surface area contributed by atoms with Crippen molar-refractivity contribution in [1.82, 2.24) is 0 Å². The molecule has 0 unspecified atom stereocenters. The second-order valence-corrected chi connectivity index (χ2v) is 3.75. The molecule has 0 bridgehead atoms. The molecule has 0 aliphatic heterocycles. The fourth-order valence-corrected chi connectivity index (χ4v) is 2.05. The molecular weight excluding hydrogens is 264 g/mol. The van der Waals surface area contributed by atoms with Crippen molar-refractivity contribution in [2.24, 2.45) is 0 Å². The SMILES string of the molecule is Cl.N#N.O=C1c2ccccc2C(=O)c2ccccc21. The standard InChI is InChI=1S/C14H8O2.ClH.N2/c15-13-9-5-1-2-6-10(9)14(16)12-8-4-3-7-11(12)13;;1-2/h1-8H;1H;. The van der Waals surface area contributed by atoms with E-state index in [0.29, 0.717) is 22.3 Å². The zero-order valence-corrected chi connectivity index (χ0v) is 10.6. The maximum atomic E-state index is 12.1. The Balaban J connectivity index is 0.000000576. The number of benzene rings is 2. The summed E-state index contributed by atoms with van der Waals surface area (Å²) in [6.07, 6.45) is 0. The Labute approximate surface area is 115 Å². The minimum Gasteiger partial charge on any atom is -0.289 e. The van der Waals surface area contributed by atoms with E-state index in [1.165, 1.54) is 0 Å². The van der Waals surface area contributed by atoms with Gasteiger partial charge in [0.2, 0.25) is 0 Å². The van der Waals surface area contributed by atoms with Crippen LogP contribution in [0.2, 0.25) is 0 Å². The van der Waals surface area contributed by atoms with Crippen molar-refractivity contribution in [3.05, 3.63) is 70.8 Å². The van der Waals surface area contributed by atoms with Crippen LogP contribution in [0.15, 0.2) is 48.5 Å². The lowest BCUT2D eigenvalue weighted by atomic mass is 9.84. The molecule has 0 saturated carbocycles. The molecule has 0 spiro atoms. The largest absolute Gasteiger partial charge is 0.289 e. The summed E-state index contributed by atoms with van der Waals surface area (Å²) < 4.78 is 0. The minimum atomic E-state index is -0.0641. The maximum absolute atomic E-state index is 12.1. The van der Waals surface area contributed by atoms with E-state index in [9.17, 15) is 9.59 Å². The summed E-state index contributed by atoms with van der Waals surface area (Å²) in [7, 11) is 0. The zero-order chi connectivity index (χ0) is 13.1. The molecule has 2 aromatic rings. The molecule has 0 fully saturated rings. The average Bonchev–Trinajstić information content (AvgIpc) is 2.47. The summed E-state index contributed by atoms with van der Waals surface area (Å²) >= 11 is 0. The van der Waals surface area contributed by atoms with Crippen molar-refractivity contribution >= 4 is 24.0 Å². The lowest BCUT2D eigenvalue weighted by molar-refractivity contribution is 0.0979. The minimum absolute atomic E-state index is 0. The Bertz CT molecular complexity index is 560. The Hall–Kier alpha value is -2.51. The molecule has 1 aliphatic carbocycles. The van der Waals surface area contributed by atoms with Gasteiger partial charge >= 0.3 is 0 Å². The fraction of sp³-hybridized carbons (Fsp3) is 0. The number of ketones is 2. The molecular formula is C14H9ClN2O2. The molecule has 0 N–H and O–H groups in total. The van der Waals surface area contributed by atoms with Crippen LogP contribution < -0.4 is 0 Å². The second kappa shape index (κ2) is 5.89. The van der Waals surface area contributed by atoms with E-state index in [1.807, 2.05) is 0 Å². The van der Waals surface area contributed by atoms with Crippen molar-refractivity contribution in [2.75, 3.05) is 0 Å². The topological polar surface area (TPSA) is 81.7 Å². The Morgan fingerprint density at radius 3 is 1.00 bits per heavy atom. The molecule has 0 amide bonds. The predicted molar refractivity (Wildman–Crippen MR) is 70.4 cm³/mol. The normalized spacial score (nSPS) is 11.3. The summed E-state index contributed by atoms with van der Waals surface area (Å²) in [4.78, 5) is 24.2. The summed E-state index contributed by atoms with van der Waals surface area (Å²) in [5.74, 6) is -0.128. The number of carbonyl (C=O) groups excluding carboxylic acids is 2. The lowest BCUT2D eigenvalue weighted by Gasteiger charge is -2.16. The number of hydrogen-bond donors (Lipinski definition) is 0. The van der Waals surface area contributed by atoms with Crippen LogP contribution in [0.4, 0.5) is 0 Å². The molecule has 0 atom stereocenters. The zero-order valence-electron chi connectivity index (χ0n) is 9.74. The Morgan fingerprint density at radius 2 is 0.789 bits per heavy atom.